The fourth-order valence-electron chi connectivity index (χ4n) is 3.47. The highest BCUT2D eigenvalue weighted by Crippen LogP contribution is 2.34. The van der Waals surface area contributed by atoms with E-state index in [4.69, 9.17) is 21.3 Å². The third kappa shape index (κ3) is 5.52. The van der Waals surface area contributed by atoms with E-state index in [9.17, 15) is 4.79 Å². The zero-order chi connectivity index (χ0) is 20.2. The highest BCUT2D eigenvalue weighted by molar-refractivity contribution is 7.22. The van der Waals surface area contributed by atoms with E-state index in [2.05, 4.69) is 4.90 Å². The molecule has 4 rings (SSSR count). The van der Waals surface area contributed by atoms with Crippen LogP contribution in [0.25, 0.3) is 10.2 Å². The monoisotopic (exact) mass is 485 g/mol. The molecule has 2 aromatic heterocycles. The van der Waals surface area contributed by atoms with Gasteiger partial charge < -0.3 is 4.74 Å². The number of nitrogens with zero attached hydrogens (tertiary/aromatic N) is 3. The Morgan fingerprint density at radius 3 is 2.83 bits per heavy atom. The van der Waals surface area contributed by atoms with E-state index in [0.29, 0.717) is 18.0 Å². The topological polar surface area (TPSA) is 45.7 Å². The predicted molar refractivity (Wildman–Crippen MR) is 129 cm³/mol. The molecule has 0 radical (unpaired) electrons. The van der Waals surface area contributed by atoms with Crippen molar-refractivity contribution in [3.63, 3.8) is 0 Å². The minimum Gasteiger partial charge on any atom is -0.379 e. The molecule has 5 nitrogen and oxygen atoms in total. The van der Waals surface area contributed by atoms with Crippen molar-refractivity contribution in [1.82, 2.24) is 9.88 Å². The van der Waals surface area contributed by atoms with E-state index >= 15 is 0 Å². The summed E-state index contributed by atoms with van der Waals surface area (Å²) >= 11 is 9.45. The number of amides is 1. The summed E-state index contributed by atoms with van der Waals surface area (Å²) in [5.41, 5.74) is 1.85. The average molecular weight is 486 g/mol. The van der Waals surface area contributed by atoms with Crippen molar-refractivity contribution in [3.8, 4) is 0 Å². The molecule has 1 aliphatic rings. The first-order valence-corrected chi connectivity index (χ1v) is 11.9. The fraction of sp³-hybridized carbons (Fsp3) is 0.429. The number of ether oxygens (including phenoxy) is 1. The minimum absolute atomic E-state index is 0. The van der Waals surface area contributed by atoms with Gasteiger partial charge in [0.15, 0.2) is 5.13 Å². The molecule has 0 unspecified atom stereocenters. The van der Waals surface area contributed by atoms with Gasteiger partial charge >= 0.3 is 0 Å². The summed E-state index contributed by atoms with van der Waals surface area (Å²) in [5.74, 6) is 0.0947. The van der Waals surface area contributed by atoms with Crippen LogP contribution in [0.3, 0.4) is 0 Å². The first-order valence-electron chi connectivity index (χ1n) is 9.80. The molecule has 1 aliphatic heterocycles. The lowest BCUT2D eigenvalue weighted by Crippen LogP contribution is -2.39. The summed E-state index contributed by atoms with van der Waals surface area (Å²) in [5, 5.41) is 3.47. The average Bonchev–Trinajstić information content (AvgIpc) is 3.39. The molecule has 0 saturated carbocycles. The minimum atomic E-state index is 0. The van der Waals surface area contributed by atoms with Gasteiger partial charge in [-0.1, -0.05) is 29.0 Å². The Hall–Kier alpha value is -1.22. The normalized spacial score (nSPS) is 14.6. The fourth-order valence-corrected chi connectivity index (χ4v) is 5.38. The number of morpholine rings is 1. The number of fused-ring (bicyclic) bond motifs is 1. The first-order chi connectivity index (χ1) is 14.1. The van der Waals surface area contributed by atoms with Gasteiger partial charge in [0.25, 0.3) is 0 Å². The van der Waals surface area contributed by atoms with Gasteiger partial charge in [0.1, 0.15) is 0 Å². The van der Waals surface area contributed by atoms with Gasteiger partial charge in [-0.05, 0) is 42.5 Å². The molecule has 3 heterocycles. The molecule has 0 atom stereocenters. The first kappa shape index (κ1) is 23.4. The predicted octanol–water partition coefficient (Wildman–Crippen LogP) is 5.04. The molecule has 0 aliphatic carbocycles. The van der Waals surface area contributed by atoms with Crippen molar-refractivity contribution in [2.75, 3.05) is 44.3 Å². The number of hydrogen-bond donors (Lipinski definition) is 0. The molecular formula is C21H25Cl2N3O2S2. The number of aryl methyl sites for hydroxylation is 1. The molecule has 1 amide bonds. The SMILES string of the molecule is Cc1c(Cl)ccc2sc(N(CCCN3CCOCC3)C(=O)Cc3cccs3)nc12.Cl. The van der Waals surface area contributed by atoms with Gasteiger partial charge in [0.2, 0.25) is 5.91 Å². The van der Waals surface area contributed by atoms with Crippen molar-refractivity contribution in [2.45, 2.75) is 19.8 Å². The van der Waals surface area contributed by atoms with Crippen LogP contribution in [0.15, 0.2) is 29.6 Å². The Labute approximate surface area is 196 Å². The standard InChI is InChI=1S/C21H24ClN3O2S2.ClH/c1-15-17(22)5-6-18-20(15)23-21(29-18)25(19(26)14-16-4-2-13-28-16)8-3-7-24-9-11-27-12-10-24;/h2,4-6,13H,3,7-12,14H2,1H3;1H. The summed E-state index contributed by atoms with van der Waals surface area (Å²) in [6.45, 7) is 7.10. The molecule has 0 N–H and O–H groups in total. The van der Waals surface area contributed by atoms with Crippen molar-refractivity contribution in [1.29, 1.82) is 0 Å². The van der Waals surface area contributed by atoms with Gasteiger partial charge in [-0.2, -0.15) is 0 Å². The molecule has 0 spiro atoms. The van der Waals surface area contributed by atoms with Crippen molar-refractivity contribution >= 4 is 67.9 Å². The molecule has 9 heteroatoms. The number of thiophene rings is 1. The number of anilines is 1. The van der Waals surface area contributed by atoms with Gasteiger partial charge in [0, 0.05) is 36.1 Å². The van der Waals surface area contributed by atoms with Crippen LogP contribution in [0.5, 0.6) is 0 Å². The second kappa shape index (κ2) is 10.9. The Kier molecular flexibility index (Phi) is 8.51. The van der Waals surface area contributed by atoms with Gasteiger partial charge in [-0.15, -0.1) is 23.7 Å². The van der Waals surface area contributed by atoms with Crippen molar-refractivity contribution < 1.29 is 9.53 Å². The number of hydrogen-bond acceptors (Lipinski definition) is 6. The van der Waals surface area contributed by atoms with Crippen LogP contribution in [-0.2, 0) is 16.0 Å². The summed E-state index contributed by atoms with van der Waals surface area (Å²) < 4.78 is 6.48. The Morgan fingerprint density at radius 2 is 2.10 bits per heavy atom. The van der Waals surface area contributed by atoms with E-state index in [0.717, 1.165) is 65.1 Å². The van der Waals surface area contributed by atoms with Crippen molar-refractivity contribution in [3.05, 3.63) is 45.1 Å². The number of benzene rings is 1. The van der Waals surface area contributed by atoms with Gasteiger partial charge in [-0.3, -0.25) is 14.6 Å². The summed E-state index contributed by atoms with van der Waals surface area (Å²) in [6, 6.07) is 7.88. The van der Waals surface area contributed by atoms with Crippen LogP contribution in [0.1, 0.15) is 16.9 Å². The van der Waals surface area contributed by atoms with Crippen molar-refractivity contribution in [2.24, 2.45) is 0 Å². The van der Waals surface area contributed by atoms with Crippen LogP contribution < -0.4 is 4.90 Å². The van der Waals surface area contributed by atoms with E-state index in [1.807, 2.05) is 41.5 Å². The van der Waals surface area contributed by atoms with E-state index in [-0.39, 0.29) is 18.3 Å². The zero-order valence-corrected chi connectivity index (χ0v) is 20.0. The molecule has 1 fully saturated rings. The van der Waals surface area contributed by atoms with Crippen LogP contribution in [0, 0.1) is 6.92 Å². The molecule has 30 heavy (non-hydrogen) atoms. The second-order valence-electron chi connectivity index (χ2n) is 7.12. The van der Waals surface area contributed by atoms with Crippen LogP contribution in [0.2, 0.25) is 5.02 Å². The summed E-state index contributed by atoms with van der Waals surface area (Å²) in [4.78, 5) is 23.3. The number of thiazole rings is 1. The lowest BCUT2D eigenvalue weighted by atomic mass is 10.2. The van der Waals surface area contributed by atoms with Crippen LogP contribution in [0.4, 0.5) is 5.13 Å². The number of halogens is 2. The lowest BCUT2D eigenvalue weighted by Gasteiger charge is -2.27. The summed E-state index contributed by atoms with van der Waals surface area (Å²) in [7, 11) is 0. The number of rotatable bonds is 7. The maximum Gasteiger partial charge on any atom is 0.234 e. The quantitative estimate of drug-likeness (QED) is 0.470. The Balaban J connectivity index is 0.00000256. The zero-order valence-electron chi connectivity index (χ0n) is 16.8. The molecule has 0 bridgehead atoms. The maximum absolute atomic E-state index is 13.2. The highest BCUT2D eigenvalue weighted by Gasteiger charge is 2.22. The lowest BCUT2D eigenvalue weighted by molar-refractivity contribution is -0.118. The molecule has 1 aromatic carbocycles. The second-order valence-corrected chi connectivity index (χ2v) is 9.57. The maximum atomic E-state index is 13.2. The molecular weight excluding hydrogens is 461 g/mol. The Bertz CT molecular complexity index is 972. The van der Waals surface area contributed by atoms with E-state index in [1.165, 1.54) is 0 Å². The highest BCUT2D eigenvalue weighted by atomic mass is 35.5. The van der Waals surface area contributed by atoms with Gasteiger partial charge in [-0.25, -0.2) is 4.98 Å². The number of carbonyl (C=O) groups excluding carboxylic acids is 1. The summed E-state index contributed by atoms with van der Waals surface area (Å²) in [6.07, 6.45) is 1.32. The third-order valence-electron chi connectivity index (χ3n) is 5.13. The molecule has 1 saturated heterocycles. The number of aromatic nitrogens is 1. The Morgan fingerprint density at radius 1 is 1.30 bits per heavy atom. The number of carbonyl (C=O) groups is 1. The van der Waals surface area contributed by atoms with Gasteiger partial charge in [0.05, 0.1) is 29.9 Å². The molecule has 162 valence electrons. The molecule has 3 aromatic rings. The van der Waals surface area contributed by atoms with E-state index in [1.54, 1.807) is 22.7 Å². The smallest absolute Gasteiger partial charge is 0.234 e. The largest absolute Gasteiger partial charge is 0.379 e. The third-order valence-corrected chi connectivity index (χ3v) is 7.46. The van der Waals surface area contributed by atoms with Crippen LogP contribution in [-0.4, -0.2) is 55.2 Å². The van der Waals surface area contributed by atoms with Crippen LogP contribution >= 0.6 is 46.7 Å². The van der Waals surface area contributed by atoms with E-state index < -0.39 is 0 Å².